The third-order valence-electron chi connectivity index (χ3n) is 3.25. The van der Waals surface area contributed by atoms with Gasteiger partial charge in [0.05, 0.1) is 11.3 Å². The number of hydrogen-bond donors (Lipinski definition) is 2. The summed E-state index contributed by atoms with van der Waals surface area (Å²) in [5.41, 5.74) is -1.40. The van der Waals surface area contributed by atoms with Crippen LogP contribution in [0.25, 0.3) is 0 Å². The molecule has 0 radical (unpaired) electrons. The molecule has 0 fully saturated rings. The average molecular weight is 409 g/mol. The number of halogens is 3. The van der Waals surface area contributed by atoms with Crippen molar-refractivity contribution in [3.63, 3.8) is 0 Å². The van der Waals surface area contributed by atoms with Crippen LogP contribution < -0.4 is 15.4 Å². The van der Waals surface area contributed by atoms with Crippen LogP contribution in [0.4, 0.5) is 13.2 Å². The predicted octanol–water partition coefficient (Wildman–Crippen LogP) is 2.59. The zero-order valence-electron chi connectivity index (χ0n) is 16.1. The van der Waals surface area contributed by atoms with E-state index in [0.29, 0.717) is 0 Å². The maximum Gasteiger partial charge on any atom is 0.416 e. The molecule has 0 saturated heterocycles. The molecule has 1 rings (SSSR count). The summed E-state index contributed by atoms with van der Waals surface area (Å²) >= 11 is 0. The Labute approximate surface area is 158 Å². The van der Waals surface area contributed by atoms with E-state index in [1.807, 2.05) is 0 Å². The van der Waals surface area contributed by atoms with Crippen molar-refractivity contribution in [1.29, 1.82) is 0 Å². The summed E-state index contributed by atoms with van der Waals surface area (Å²) in [6.45, 7) is 5.22. The summed E-state index contributed by atoms with van der Waals surface area (Å²) in [4.78, 5) is 3.87. The first-order chi connectivity index (χ1) is 12.2. The molecule has 0 atom stereocenters. The minimum Gasteiger partial charge on any atom is -0.488 e. The average Bonchev–Trinajstić information content (AvgIpc) is 2.47. The van der Waals surface area contributed by atoms with Gasteiger partial charge in [-0.3, -0.25) is 4.99 Å². The molecule has 1 aromatic rings. The van der Waals surface area contributed by atoms with E-state index >= 15 is 0 Å². The van der Waals surface area contributed by atoms with Gasteiger partial charge >= 0.3 is 6.18 Å². The SMILES string of the molecule is CN=C(NCCS(C)(=O)=O)NCc1ccc(OC(C)(C)C)cc1C(F)(F)F. The molecular formula is C17H26F3N3O3S. The summed E-state index contributed by atoms with van der Waals surface area (Å²) in [7, 11) is -1.70. The molecule has 0 amide bonds. The zero-order chi connectivity index (χ0) is 20.9. The Morgan fingerprint density at radius 3 is 2.30 bits per heavy atom. The lowest BCUT2D eigenvalue weighted by molar-refractivity contribution is -0.138. The summed E-state index contributed by atoms with van der Waals surface area (Å²) < 4.78 is 68.0. The van der Waals surface area contributed by atoms with Crippen molar-refractivity contribution in [1.82, 2.24) is 10.6 Å². The highest BCUT2D eigenvalue weighted by Crippen LogP contribution is 2.35. The minimum atomic E-state index is -4.54. The number of ether oxygens (including phenoxy) is 1. The molecule has 154 valence electrons. The van der Waals surface area contributed by atoms with E-state index in [9.17, 15) is 21.6 Å². The molecule has 0 aliphatic carbocycles. The van der Waals surface area contributed by atoms with Gasteiger partial charge in [0, 0.05) is 26.4 Å². The Morgan fingerprint density at radius 1 is 1.19 bits per heavy atom. The quantitative estimate of drug-likeness (QED) is 0.558. The predicted molar refractivity (Wildman–Crippen MR) is 99.7 cm³/mol. The highest BCUT2D eigenvalue weighted by atomic mass is 32.2. The van der Waals surface area contributed by atoms with E-state index in [1.54, 1.807) is 20.8 Å². The van der Waals surface area contributed by atoms with Crippen LogP contribution in [-0.4, -0.2) is 45.6 Å². The molecule has 0 saturated carbocycles. The Bertz CT molecular complexity index is 770. The maximum absolute atomic E-state index is 13.4. The highest BCUT2D eigenvalue weighted by molar-refractivity contribution is 7.90. The summed E-state index contributed by atoms with van der Waals surface area (Å²) in [6, 6.07) is 3.81. The number of nitrogens with one attached hydrogen (secondary N) is 2. The third-order valence-corrected chi connectivity index (χ3v) is 4.19. The molecular weight excluding hydrogens is 383 g/mol. The van der Waals surface area contributed by atoms with Crippen molar-refractivity contribution in [3.8, 4) is 5.75 Å². The fourth-order valence-electron chi connectivity index (χ4n) is 2.15. The molecule has 0 unspecified atom stereocenters. The van der Waals surface area contributed by atoms with Crippen LogP contribution in [0, 0.1) is 0 Å². The van der Waals surface area contributed by atoms with E-state index in [-0.39, 0.29) is 36.1 Å². The lowest BCUT2D eigenvalue weighted by Crippen LogP contribution is -2.39. The van der Waals surface area contributed by atoms with Gasteiger partial charge in [0.1, 0.15) is 21.2 Å². The monoisotopic (exact) mass is 409 g/mol. The van der Waals surface area contributed by atoms with Gasteiger partial charge in [0.25, 0.3) is 0 Å². The molecule has 2 N–H and O–H groups in total. The molecule has 0 aliphatic heterocycles. The van der Waals surface area contributed by atoms with Crippen LogP contribution in [0.2, 0.25) is 0 Å². The van der Waals surface area contributed by atoms with Crippen molar-refractivity contribution < 1.29 is 26.3 Å². The second-order valence-electron chi connectivity index (χ2n) is 7.01. The molecule has 6 nitrogen and oxygen atoms in total. The van der Waals surface area contributed by atoms with Gasteiger partial charge < -0.3 is 15.4 Å². The van der Waals surface area contributed by atoms with E-state index in [4.69, 9.17) is 4.74 Å². The first-order valence-electron chi connectivity index (χ1n) is 8.22. The van der Waals surface area contributed by atoms with E-state index < -0.39 is 27.2 Å². The first-order valence-corrected chi connectivity index (χ1v) is 10.3. The number of guanidine groups is 1. The van der Waals surface area contributed by atoms with Crippen LogP contribution >= 0.6 is 0 Å². The molecule has 0 aromatic heterocycles. The smallest absolute Gasteiger partial charge is 0.416 e. The highest BCUT2D eigenvalue weighted by Gasteiger charge is 2.34. The van der Waals surface area contributed by atoms with Gasteiger partial charge in [-0.05, 0) is 38.5 Å². The molecule has 27 heavy (non-hydrogen) atoms. The summed E-state index contributed by atoms with van der Waals surface area (Å²) in [6.07, 6.45) is -3.44. The van der Waals surface area contributed by atoms with E-state index in [1.165, 1.54) is 19.2 Å². The van der Waals surface area contributed by atoms with Gasteiger partial charge in [0.15, 0.2) is 5.96 Å². The van der Waals surface area contributed by atoms with Gasteiger partial charge in [0.2, 0.25) is 0 Å². The molecule has 0 heterocycles. The van der Waals surface area contributed by atoms with Gasteiger partial charge in [-0.1, -0.05) is 6.07 Å². The number of benzene rings is 1. The third kappa shape index (κ3) is 8.98. The minimum absolute atomic E-state index is 0.0230. The fraction of sp³-hybridized carbons (Fsp3) is 0.588. The van der Waals surface area contributed by atoms with Crippen molar-refractivity contribution in [3.05, 3.63) is 29.3 Å². The molecule has 0 aliphatic rings. The Balaban J connectivity index is 2.89. The van der Waals surface area contributed by atoms with Crippen LogP contribution in [0.3, 0.4) is 0 Å². The van der Waals surface area contributed by atoms with E-state index in [2.05, 4.69) is 15.6 Å². The lowest BCUT2D eigenvalue weighted by atomic mass is 10.1. The summed E-state index contributed by atoms with van der Waals surface area (Å²) in [5.74, 6) is 0.233. The summed E-state index contributed by atoms with van der Waals surface area (Å²) in [5, 5.41) is 5.51. The number of rotatable bonds is 6. The second kappa shape index (κ2) is 8.81. The van der Waals surface area contributed by atoms with Gasteiger partial charge in [-0.2, -0.15) is 13.2 Å². The maximum atomic E-state index is 13.4. The van der Waals surface area contributed by atoms with Crippen LogP contribution in [0.5, 0.6) is 5.75 Å². The Hall–Kier alpha value is -1.97. The van der Waals surface area contributed by atoms with Crippen molar-refractivity contribution in [2.24, 2.45) is 4.99 Å². The Morgan fingerprint density at radius 2 is 1.81 bits per heavy atom. The Kier molecular flexibility index (Phi) is 7.53. The molecule has 1 aromatic carbocycles. The first kappa shape index (κ1) is 23.1. The molecule has 0 spiro atoms. The number of nitrogens with zero attached hydrogens (tertiary/aromatic N) is 1. The second-order valence-corrected chi connectivity index (χ2v) is 9.27. The molecule has 10 heteroatoms. The van der Waals surface area contributed by atoms with Crippen molar-refractivity contribution in [2.45, 2.75) is 39.1 Å². The number of hydrogen-bond acceptors (Lipinski definition) is 4. The standard InChI is InChI=1S/C17H26F3N3O3S/c1-16(2,3)26-13-7-6-12(14(10-13)17(18,19)20)11-23-15(21-4)22-8-9-27(5,24)25/h6-7,10H,8-9,11H2,1-5H3,(H2,21,22,23). The number of sulfone groups is 1. The van der Waals surface area contributed by atoms with Crippen molar-refractivity contribution in [2.75, 3.05) is 25.6 Å². The van der Waals surface area contributed by atoms with Gasteiger partial charge in [-0.25, -0.2) is 8.42 Å². The van der Waals surface area contributed by atoms with Crippen LogP contribution in [-0.2, 0) is 22.6 Å². The van der Waals surface area contributed by atoms with Gasteiger partial charge in [-0.15, -0.1) is 0 Å². The van der Waals surface area contributed by atoms with Crippen LogP contribution in [0.1, 0.15) is 31.9 Å². The fourth-order valence-corrected chi connectivity index (χ4v) is 2.62. The topological polar surface area (TPSA) is 79.8 Å². The lowest BCUT2D eigenvalue weighted by Gasteiger charge is -2.23. The molecule has 0 bridgehead atoms. The van der Waals surface area contributed by atoms with E-state index in [0.717, 1.165) is 12.3 Å². The number of alkyl halides is 3. The number of aliphatic imine (C=N–C) groups is 1. The van der Waals surface area contributed by atoms with Crippen LogP contribution in [0.15, 0.2) is 23.2 Å². The zero-order valence-corrected chi connectivity index (χ0v) is 16.9. The van der Waals surface area contributed by atoms with Crippen molar-refractivity contribution >= 4 is 15.8 Å². The normalized spacial score (nSPS) is 13.4. The largest absolute Gasteiger partial charge is 0.488 e.